The van der Waals surface area contributed by atoms with Crippen LogP contribution < -0.4 is 5.32 Å². The van der Waals surface area contributed by atoms with Crippen molar-refractivity contribution in [2.75, 3.05) is 11.9 Å². The Morgan fingerprint density at radius 1 is 1.27 bits per heavy atom. The van der Waals surface area contributed by atoms with Gasteiger partial charge in [-0.05, 0) is 30.7 Å². The first kappa shape index (κ1) is 21.4. The third kappa shape index (κ3) is 5.62. The zero-order chi connectivity index (χ0) is 21.7. The van der Waals surface area contributed by atoms with Crippen molar-refractivity contribution >= 4 is 46.2 Å². The molecule has 8 nitrogen and oxygen atoms in total. The molecule has 0 aliphatic carbocycles. The molecule has 0 unspecified atom stereocenters. The number of benzene rings is 2. The molecule has 3 rings (SSSR count). The number of thiazole rings is 1. The number of halogens is 1. The summed E-state index contributed by atoms with van der Waals surface area (Å²) in [5.74, 6) is -1.13. The third-order valence-electron chi connectivity index (χ3n) is 4.01. The Labute approximate surface area is 180 Å². The van der Waals surface area contributed by atoms with Crippen molar-refractivity contribution in [1.82, 2.24) is 4.98 Å². The van der Waals surface area contributed by atoms with E-state index in [4.69, 9.17) is 16.3 Å². The lowest BCUT2D eigenvalue weighted by Gasteiger charge is -2.08. The number of hydrogen-bond donors (Lipinski definition) is 1. The summed E-state index contributed by atoms with van der Waals surface area (Å²) < 4.78 is 5.00. The molecule has 0 aliphatic rings. The number of carbonyl (C=O) groups is 2. The number of nitro benzene ring substituents is 1. The average molecular weight is 446 g/mol. The second kappa shape index (κ2) is 9.47. The second-order valence-corrected chi connectivity index (χ2v) is 7.59. The van der Waals surface area contributed by atoms with Gasteiger partial charge in [0.25, 0.3) is 11.6 Å². The molecule has 0 saturated heterocycles. The molecule has 1 aromatic heterocycles. The summed E-state index contributed by atoms with van der Waals surface area (Å²) in [4.78, 5) is 38.7. The maximum Gasteiger partial charge on any atom is 0.312 e. The van der Waals surface area contributed by atoms with Crippen molar-refractivity contribution in [3.8, 4) is 10.6 Å². The van der Waals surface area contributed by atoms with Crippen molar-refractivity contribution in [3.63, 3.8) is 0 Å². The maximum atomic E-state index is 12.0. The maximum absolute atomic E-state index is 12.0. The predicted octanol–water partition coefficient (Wildman–Crippen LogP) is 4.40. The van der Waals surface area contributed by atoms with E-state index in [1.165, 1.54) is 29.5 Å². The molecule has 2 aromatic carbocycles. The summed E-state index contributed by atoms with van der Waals surface area (Å²) in [6.07, 6.45) is -0.0685. The molecule has 0 spiro atoms. The molecule has 1 heterocycles. The predicted molar refractivity (Wildman–Crippen MR) is 114 cm³/mol. The number of rotatable bonds is 7. The Hall–Kier alpha value is -3.30. The number of anilines is 1. The zero-order valence-electron chi connectivity index (χ0n) is 15.8. The van der Waals surface area contributed by atoms with Gasteiger partial charge in [0, 0.05) is 33.8 Å². The first-order valence-corrected chi connectivity index (χ1v) is 9.98. The van der Waals surface area contributed by atoms with Gasteiger partial charge in [-0.25, -0.2) is 4.98 Å². The van der Waals surface area contributed by atoms with Crippen molar-refractivity contribution in [2.24, 2.45) is 0 Å². The van der Waals surface area contributed by atoms with Crippen molar-refractivity contribution < 1.29 is 19.2 Å². The van der Waals surface area contributed by atoms with E-state index in [1.807, 2.05) is 12.1 Å². The van der Waals surface area contributed by atoms with Gasteiger partial charge in [-0.2, -0.15) is 0 Å². The van der Waals surface area contributed by atoms with Crippen LogP contribution in [-0.4, -0.2) is 28.4 Å². The smallest absolute Gasteiger partial charge is 0.312 e. The fraction of sp³-hybridized carbons (Fsp3) is 0.150. The van der Waals surface area contributed by atoms with E-state index < -0.39 is 23.4 Å². The summed E-state index contributed by atoms with van der Waals surface area (Å²) in [6, 6.07) is 11.3. The number of aromatic nitrogens is 1. The van der Waals surface area contributed by atoms with E-state index in [1.54, 1.807) is 24.4 Å². The molecule has 1 N–H and O–H groups in total. The van der Waals surface area contributed by atoms with Crippen LogP contribution in [-0.2, 0) is 20.7 Å². The standard InChI is InChI=1S/C20H16ClN3O5S/c1-12-7-16(24(27)28)5-6-17(12)23-18(25)10-29-19(26)9-15-11-30-20(22-15)13-3-2-4-14(21)8-13/h2-8,11H,9-10H2,1H3,(H,23,25). The van der Waals surface area contributed by atoms with Gasteiger partial charge >= 0.3 is 5.97 Å². The van der Waals surface area contributed by atoms with E-state index in [2.05, 4.69) is 10.3 Å². The SMILES string of the molecule is Cc1cc([N+](=O)[O-])ccc1NC(=O)COC(=O)Cc1csc(-c2cccc(Cl)c2)n1. The quantitative estimate of drug-likeness (QED) is 0.327. The van der Waals surface area contributed by atoms with Crippen LogP contribution in [0, 0.1) is 17.0 Å². The van der Waals surface area contributed by atoms with Gasteiger partial charge in [0.1, 0.15) is 5.01 Å². The van der Waals surface area contributed by atoms with Gasteiger partial charge in [0.05, 0.1) is 17.0 Å². The van der Waals surface area contributed by atoms with Crippen molar-refractivity contribution in [3.05, 3.63) is 74.2 Å². The minimum atomic E-state index is -0.589. The lowest BCUT2D eigenvalue weighted by atomic mass is 10.2. The highest BCUT2D eigenvalue weighted by molar-refractivity contribution is 7.13. The number of esters is 1. The third-order valence-corrected chi connectivity index (χ3v) is 5.18. The minimum Gasteiger partial charge on any atom is -0.455 e. The number of amides is 1. The summed E-state index contributed by atoms with van der Waals surface area (Å²) in [5.41, 5.74) is 2.25. The fourth-order valence-electron chi connectivity index (χ4n) is 2.58. The number of ether oxygens (including phenoxy) is 1. The lowest BCUT2D eigenvalue weighted by Crippen LogP contribution is -2.22. The number of aryl methyl sites for hydroxylation is 1. The van der Waals surface area contributed by atoms with E-state index in [9.17, 15) is 19.7 Å². The number of non-ortho nitro benzene ring substituents is 1. The summed E-state index contributed by atoms with van der Waals surface area (Å²) >= 11 is 7.36. The van der Waals surface area contributed by atoms with E-state index in [0.29, 0.717) is 22.0 Å². The number of nitrogens with one attached hydrogen (secondary N) is 1. The van der Waals surface area contributed by atoms with Gasteiger partial charge in [0.15, 0.2) is 6.61 Å². The molecule has 1 amide bonds. The highest BCUT2D eigenvalue weighted by Gasteiger charge is 2.14. The average Bonchev–Trinajstić information content (AvgIpc) is 3.16. The van der Waals surface area contributed by atoms with Crippen molar-refractivity contribution in [2.45, 2.75) is 13.3 Å². The molecule has 10 heteroatoms. The summed E-state index contributed by atoms with van der Waals surface area (Å²) in [5, 5.41) is 16.4. The Bertz CT molecular complexity index is 1120. The number of nitrogens with zero attached hydrogens (tertiary/aromatic N) is 2. The molecular formula is C20H16ClN3O5S. The van der Waals surface area contributed by atoms with Crippen LogP contribution in [0.1, 0.15) is 11.3 Å². The first-order valence-electron chi connectivity index (χ1n) is 8.72. The fourth-order valence-corrected chi connectivity index (χ4v) is 3.58. The Balaban J connectivity index is 1.51. The van der Waals surface area contributed by atoms with Crippen LogP contribution in [0.2, 0.25) is 5.02 Å². The molecule has 0 saturated carbocycles. The van der Waals surface area contributed by atoms with Crippen LogP contribution in [0.15, 0.2) is 47.8 Å². The molecule has 0 fully saturated rings. The van der Waals surface area contributed by atoms with Crippen LogP contribution in [0.4, 0.5) is 11.4 Å². The van der Waals surface area contributed by atoms with E-state index in [0.717, 1.165) is 10.6 Å². The largest absolute Gasteiger partial charge is 0.455 e. The van der Waals surface area contributed by atoms with Gasteiger partial charge in [-0.15, -0.1) is 11.3 Å². The normalized spacial score (nSPS) is 10.5. The van der Waals surface area contributed by atoms with Gasteiger partial charge < -0.3 is 10.1 Å². The Morgan fingerprint density at radius 3 is 2.77 bits per heavy atom. The van der Waals surface area contributed by atoms with Gasteiger partial charge in [-0.1, -0.05) is 23.7 Å². The molecule has 0 radical (unpaired) electrons. The molecule has 30 heavy (non-hydrogen) atoms. The van der Waals surface area contributed by atoms with Gasteiger partial charge in [-0.3, -0.25) is 19.7 Å². The molecule has 3 aromatic rings. The van der Waals surface area contributed by atoms with E-state index >= 15 is 0 Å². The van der Waals surface area contributed by atoms with E-state index in [-0.39, 0.29) is 12.1 Å². The molecule has 0 bridgehead atoms. The Morgan fingerprint density at radius 2 is 2.07 bits per heavy atom. The van der Waals surface area contributed by atoms with Crippen LogP contribution in [0.3, 0.4) is 0 Å². The highest BCUT2D eigenvalue weighted by atomic mass is 35.5. The lowest BCUT2D eigenvalue weighted by molar-refractivity contribution is -0.384. The summed E-state index contributed by atoms with van der Waals surface area (Å²) in [7, 11) is 0. The molecular weight excluding hydrogens is 430 g/mol. The monoisotopic (exact) mass is 445 g/mol. The van der Waals surface area contributed by atoms with Crippen LogP contribution in [0.25, 0.3) is 10.6 Å². The van der Waals surface area contributed by atoms with Crippen LogP contribution >= 0.6 is 22.9 Å². The zero-order valence-corrected chi connectivity index (χ0v) is 17.3. The van der Waals surface area contributed by atoms with Crippen molar-refractivity contribution in [1.29, 1.82) is 0 Å². The topological polar surface area (TPSA) is 111 Å². The minimum absolute atomic E-state index is 0.0685. The molecule has 0 atom stereocenters. The number of carbonyl (C=O) groups excluding carboxylic acids is 2. The van der Waals surface area contributed by atoms with Crippen LogP contribution in [0.5, 0.6) is 0 Å². The Kier molecular flexibility index (Phi) is 6.76. The second-order valence-electron chi connectivity index (χ2n) is 6.30. The van der Waals surface area contributed by atoms with Gasteiger partial charge in [0.2, 0.25) is 0 Å². The molecule has 154 valence electrons. The number of hydrogen-bond acceptors (Lipinski definition) is 7. The first-order chi connectivity index (χ1) is 14.3. The molecule has 0 aliphatic heterocycles. The number of nitro groups is 1. The highest BCUT2D eigenvalue weighted by Crippen LogP contribution is 2.26. The summed E-state index contributed by atoms with van der Waals surface area (Å²) in [6.45, 7) is 1.16.